The van der Waals surface area contributed by atoms with Gasteiger partial charge in [0.2, 0.25) is 5.76 Å². The van der Waals surface area contributed by atoms with Crippen molar-refractivity contribution in [2.75, 3.05) is 7.11 Å². The van der Waals surface area contributed by atoms with E-state index in [1.54, 1.807) is 13.8 Å². The van der Waals surface area contributed by atoms with Crippen LogP contribution in [0.1, 0.15) is 75.4 Å². The van der Waals surface area contributed by atoms with Gasteiger partial charge in [0.25, 0.3) is 0 Å². The van der Waals surface area contributed by atoms with Gasteiger partial charge in [-0.05, 0) is 122 Å². The van der Waals surface area contributed by atoms with E-state index in [-0.39, 0.29) is 18.3 Å². The van der Waals surface area contributed by atoms with Crippen molar-refractivity contribution >= 4 is 45.3 Å². The van der Waals surface area contributed by atoms with Gasteiger partial charge in [-0.2, -0.15) is 13.2 Å². The van der Waals surface area contributed by atoms with Crippen LogP contribution in [0.4, 0.5) is 13.2 Å². The van der Waals surface area contributed by atoms with E-state index in [1.165, 1.54) is 13.2 Å². The number of nitrogens with zero attached hydrogens (tertiary/aromatic N) is 2. The first-order valence-electron chi connectivity index (χ1n) is 17.3. The summed E-state index contributed by atoms with van der Waals surface area (Å²) in [6.07, 6.45) is -4.52. The summed E-state index contributed by atoms with van der Waals surface area (Å²) in [5.74, 6) is -0.997. The van der Waals surface area contributed by atoms with Crippen molar-refractivity contribution in [3.8, 4) is 0 Å². The molecule has 2 aromatic heterocycles. The summed E-state index contributed by atoms with van der Waals surface area (Å²) in [4.78, 5) is 17.8. The van der Waals surface area contributed by atoms with Gasteiger partial charge in [0.05, 0.1) is 30.6 Å². The molecule has 53 heavy (non-hydrogen) atoms. The van der Waals surface area contributed by atoms with Crippen LogP contribution in [0.3, 0.4) is 0 Å². The summed E-state index contributed by atoms with van der Waals surface area (Å²) in [6.45, 7) is 15.0. The number of carbonyl (C=O) groups is 1. The summed E-state index contributed by atoms with van der Waals surface area (Å²) >= 11 is 3.26. The minimum absolute atomic E-state index is 0.234. The van der Waals surface area contributed by atoms with Crippen LogP contribution in [-0.2, 0) is 50.1 Å². The molecule has 12 heteroatoms. The van der Waals surface area contributed by atoms with E-state index in [0.717, 1.165) is 39.0 Å². The van der Waals surface area contributed by atoms with Crippen molar-refractivity contribution < 1.29 is 36.4 Å². The van der Waals surface area contributed by atoms with Gasteiger partial charge in [0, 0.05) is 13.1 Å². The number of fused-ring (bicyclic) bond motifs is 1. The molecular weight excluding hydrogens is 748 g/mol. The number of hydrogen-bond donors (Lipinski definition) is 0. The fraction of sp³-hybridized carbons (Fsp3) is 0.366. The number of aromatic nitrogens is 1. The fourth-order valence-electron chi connectivity index (χ4n) is 6.02. The molecule has 1 fully saturated rings. The molecule has 5 aromatic rings. The third kappa shape index (κ3) is 9.41. The molecule has 0 radical (unpaired) electrons. The van der Waals surface area contributed by atoms with Crippen LogP contribution in [0.25, 0.3) is 10.8 Å². The first kappa shape index (κ1) is 40.2. The molecule has 0 N–H and O–H groups in total. The summed E-state index contributed by atoms with van der Waals surface area (Å²) < 4.78 is 62.6. The van der Waals surface area contributed by atoms with Crippen LogP contribution >= 0.6 is 15.9 Å². The quantitative estimate of drug-likeness (QED) is 0.0837. The fourth-order valence-corrected chi connectivity index (χ4v) is 6.36. The Morgan fingerprint density at radius 1 is 0.849 bits per heavy atom. The van der Waals surface area contributed by atoms with Gasteiger partial charge in [-0.1, -0.05) is 66.7 Å². The third-order valence-corrected chi connectivity index (χ3v) is 10.4. The molecule has 3 aromatic carbocycles. The highest BCUT2D eigenvalue weighted by atomic mass is 79.9. The molecule has 0 spiro atoms. The van der Waals surface area contributed by atoms with Crippen molar-refractivity contribution in [2.45, 2.75) is 90.9 Å². The number of rotatable bonds is 9. The second-order valence-corrected chi connectivity index (χ2v) is 15.6. The molecule has 280 valence electrons. The lowest BCUT2D eigenvalue weighted by molar-refractivity contribution is -0.153. The van der Waals surface area contributed by atoms with Gasteiger partial charge in [-0.3, -0.25) is 9.69 Å². The number of esters is 1. The lowest BCUT2D eigenvalue weighted by Gasteiger charge is -2.32. The largest absolute Gasteiger partial charge is 0.494 e. The molecule has 3 heterocycles. The van der Waals surface area contributed by atoms with E-state index in [2.05, 4.69) is 57.0 Å². The Bertz CT molecular complexity index is 2030. The Morgan fingerprint density at radius 2 is 1.51 bits per heavy atom. The van der Waals surface area contributed by atoms with E-state index < -0.39 is 35.7 Å². The van der Waals surface area contributed by atoms with Crippen molar-refractivity contribution in [2.24, 2.45) is 0 Å². The molecule has 0 aliphatic carbocycles. The molecule has 0 saturated carbocycles. The standard InChI is InChI=1S/C31H33BF3NO3.C10H12BrNO2/c1-21-10-13-23-8-6-7-9-26(23)27(21)20-36(19-25-16-17-28(37-25)31(33,34)35)18-22-11-14-24(15-12-22)32-38-29(2,3)30(4,5)39-32;1-10(2,9(13)14-3)7-5-4-6-8(11)12-7/h6-17H,18-20H2,1-5H3;4-6H,1-3H3. The van der Waals surface area contributed by atoms with Crippen molar-refractivity contribution in [3.63, 3.8) is 0 Å². The molecule has 0 bridgehead atoms. The first-order chi connectivity index (χ1) is 24.8. The second-order valence-electron chi connectivity index (χ2n) is 14.8. The van der Waals surface area contributed by atoms with Gasteiger partial charge < -0.3 is 18.5 Å². The number of halogens is 4. The number of furan rings is 1. The number of methoxy groups -OCH3 is 1. The topological polar surface area (TPSA) is 74.0 Å². The molecular formula is C41H45BBrF3N2O5. The molecule has 0 unspecified atom stereocenters. The number of pyridine rings is 1. The van der Waals surface area contributed by atoms with Crippen molar-refractivity contribution in [3.05, 3.63) is 130 Å². The maximum atomic E-state index is 13.2. The Balaban J connectivity index is 0.000000326. The highest BCUT2D eigenvalue weighted by molar-refractivity contribution is 9.10. The predicted molar refractivity (Wildman–Crippen MR) is 204 cm³/mol. The maximum absolute atomic E-state index is 13.2. The number of carbonyl (C=O) groups excluding carboxylic acids is 1. The van der Waals surface area contributed by atoms with E-state index in [4.69, 9.17) is 18.5 Å². The number of aryl methyl sites for hydroxylation is 1. The highest BCUT2D eigenvalue weighted by Crippen LogP contribution is 2.37. The molecule has 1 aliphatic rings. The van der Waals surface area contributed by atoms with E-state index in [0.29, 0.717) is 23.4 Å². The minimum Gasteiger partial charge on any atom is -0.468 e. The lowest BCUT2D eigenvalue weighted by Crippen LogP contribution is -2.41. The SMILES string of the molecule is COC(=O)C(C)(C)c1cccc(Br)n1.Cc1ccc2ccccc2c1CN(Cc1ccc(B2OC(C)(C)C(C)(C)O2)cc1)Cc1ccc(C(F)(F)F)o1. The van der Waals surface area contributed by atoms with Crippen LogP contribution in [0.5, 0.6) is 0 Å². The normalized spacial score (nSPS) is 15.4. The summed E-state index contributed by atoms with van der Waals surface area (Å²) in [6, 6.07) is 28.2. The summed E-state index contributed by atoms with van der Waals surface area (Å²) in [5, 5.41) is 2.26. The van der Waals surface area contributed by atoms with Gasteiger partial charge in [0.1, 0.15) is 15.8 Å². The van der Waals surface area contributed by atoms with E-state index >= 15 is 0 Å². The molecule has 1 aliphatic heterocycles. The lowest BCUT2D eigenvalue weighted by atomic mass is 9.79. The summed E-state index contributed by atoms with van der Waals surface area (Å²) in [7, 11) is 0.921. The van der Waals surface area contributed by atoms with Crippen LogP contribution in [0.2, 0.25) is 0 Å². The van der Waals surface area contributed by atoms with Crippen molar-refractivity contribution in [1.29, 1.82) is 0 Å². The van der Waals surface area contributed by atoms with E-state index in [9.17, 15) is 18.0 Å². The molecule has 1 saturated heterocycles. The zero-order valence-corrected chi connectivity index (χ0v) is 32.9. The van der Waals surface area contributed by atoms with Crippen molar-refractivity contribution in [1.82, 2.24) is 9.88 Å². The number of benzene rings is 3. The Kier molecular flexibility index (Phi) is 12.0. The van der Waals surface area contributed by atoms with Crippen LogP contribution in [0.15, 0.2) is 100 Å². The first-order valence-corrected chi connectivity index (χ1v) is 18.1. The van der Waals surface area contributed by atoms with E-state index in [1.807, 2.05) is 82.3 Å². The average Bonchev–Trinajstić information content (AvgIpc) is 3.66. The number of ether oxygens (including phenoxy) is 1. The van der Waals surface area contributed by atoms with Crippen LogP contribution < -0.4 is 5.46 Å². The van der Waals surface area contributed by atoms with Crippen LogP contribution in [0, 0.1) is 6.92 Å². The van der Waals surface area contributed by atoms with Gasteiger partial charge >= 0.3 is 19.3 Å². The predicted octanol–water partition coefficient (Wildman–Crippen LogP) is 9.56. The molecule has 0 atom stereocenters. The number of hydrogen-bond acceptors (Lipinski definition) is 7. The smallest absolute Gasteiger partial charge is 0.468 e. The Morgan fingerprint density at radius 3 is 2.11 bits per heavy atom. The monoisotopic (exact) mass is 792 g/mol. The maximum Gasteiger partial charge on any atom is 0.494 e. The summed E-state index contributed by atoms with van der Waals surface area (Å²) in [5.41, 5.74) is 3.35. The average molecular weight is 794 g/mol. The Hall–Kier alpha value is -3.97. The minimum atomic E-state index is -4.52. The van der Waals surface area contributed by atoms with Crippen LogP contribution in [-0.4, -0.2) is 41.3 Å². The molecule has 0 amide bonds. The second kappa shape index (κ2) is 15.8. The van der Waals surface area contributed by atoms with Gasteiger partial charge in [0.15, 0.2) is 0 Å². The Labute approximate surface area is 318 Å². The van der Waals surface area contributed by atoms with Gasteiger partial charge in [-0.15, -0.1) is 0 Å². The third-order valence-electron chi connectivity index (χ3n) is 9.94. The molecule has 7 nitrogen and oxygen atoms in total. The zero-order chi connectivity index (χ0) is 38.8. The molecule has 6 rings (SSSR count). The highest BCUT2D eigenvalue weighted by Gasteiger charge is 2.51. The van der Waals surface area contributed by atoms with Gasteiger partial charge in [-0.25, -0.2) is 4.98 Å². The zero-order valence-electron chi connectivity index (χ0n) is 31.3. The number of alkyl halides is 3.